The average Bonchev–Trinajstić information content (AvgIpc) is 3.24. The van der Waals surface area contributed by atoms with Crippen LogP contribution in [0, 0.1) is 0 Å². The zero-order valence-corrected chi connectivity index (χ0v) is 14.3. The first-order valence-electron chi connectivity index (χ1n) is 7.09. The van der Waals surface area contributed by atoms with Gasteiger partial charge in [-0.15, -0.1) is 11.3 Å². The van der Waals surface area contributed by atoms with Gasteiger partial charge in [0, 0.05) is 28.6 Å². The van der Waals surface area contributed by atoms with Crippen LogP contribution in [-0.4, -0.2) is 23.0 Å². The smallest absolute Gasteiger partial charge is 0.276 e. The number of halogens is 1. The van der Waals surface area contributed by atoms with Crippen molar-refractivity contribution in [1.82, 2.24) is 10.1 Å². The van der Waals surface area contributed by atoms with Crippen LogP contribution >= 0.6 is 22.9 Å². The molecule has 0 radical (unpaired) electrons. The van der Waals surface area contributed by atoms with E-state index in [-0.39, 0.29) is 17.6 Å². The first kappa shape index (κ1) is 15.8. The number of thiophene rings is 1. The lowest BCUT2D eigenvalue weighted by molar-refractivity contribution is 0.0734. The van der Waals surface area contributed by atoms with Crippen molar-refractivity contribution in [3.05, 3.63) is 63.4 Å². The Hall–Kier alpha value is -2.11. The Morgan fingerprint density at radius 3 is 2.83 bits per heavy atom. The van der Waals surface area contributed by atoms with Gasteiger partial charge in [-0.05, 0) is 30.5 Å². The molecule has 4 nitrogen and oxygen atoms in total. The Morgan fingerprint density at radius 2 is 2.13 bits per heavy atom. The summed E-state index contributed by atoms with van der Waals surface area (Å²) in [6.45, 7) is 1.99. The minimum atomic E-state index is -0.178. The number of carbonyl (C=O) groups is 1. The Balaban J connectivity index is 1.81. The van der Waals surface area contributed by atoms with Crippen molar-refractivity contribution < 1.29 is 9.32 Å². The zero-order chi connectivity index (χ0) is 16.4. The molecule has 3 aromatic rings. The maximum Gasteiger partial charge on any atom is 0.276 e. The van der Waals surface area contributed by atoms with E-state index in [2.05, 4.69) is 5.16 Å². The fourth-order valence-electron chi connectivity index (χ4n) is 2.23. The molecule has 0 aliphatic heterocycles. The van der Waals surface area contributed by atoms with Gasteiger partial charge in [-0.3, -0.25) is 4.79 Å². The van der Waals surface area contributed by atoms with Crippen LogP contribution in [0.15, 0.2) is 52.4 Å². The summed E-state index contributed by atoms with van der Waals surface area (Å²) in [5.41, 5.74) is 1.07. The van der Waals surface area contributed by atoms with Crippen molar-refractivity contribution in [2.75, 3.05) is 7.05 Å². The summed E-state index contributed by atoms with van der Waals surface area (Å²) in [5, 5.41) is 6.51. The molecule has 0 saturated heterocycles. The van der Waals surface area contributed by atoms with Crippen LogP contribution in [0.4, 0.5) is 0 Å². The highest BCUT2D eigenvalue weighted by atomic mass is 35.5. The molecule has 2 heterocycles. The number of hydrogen-bond acceptors (Lipinski definition) is 4. The predicted molar refractivity (Wildman–Crippen MR) is 91.8 cm³/mol. The van der Waals surface area contributed by atoms with Crippen molar-refractivity contribution in [3.8, 4) is 11.3 Å². The third-order valence-corrected chi connectivity index (χ3v) is 4.97. The van der Waals surface area contributed by atoms with E-state index in [9.17, 15) is 4.79 Å². The van der Waals surface area contributed by atoms with Crippen LogP contribution in [0.1, 0.15) is 28.3 Å². The molecule has 0 fully saturated rings. The minimum absolute atomic E-state index is 0.0196. The number of aromatic nitrogens is 1. The van der Waals surface area contributed by atoms with E-state index < -0.39 is 0 Å². The summed E-state index contributed by atoms with van der Waals surface area (Å²) in [5.74, 6) is 0.343. The highest BCUT2D eigenvalue weighted by Crippen LogP contribution is 2.27. The molecule has 0 N–H and O–H groups in total. The predicted octanol–water partition coefficient (Wildman–Crippen LogP) is 4.89. The molecule has 3 rings (SSSR count). The topological polar surface area (TPSA) is 46.3 Å². The second-order valence-corrected chi connectivity index (χ2v) is 6.61. The molecule has 0 bridgehead atoms. The molecule has 1 amide bonds. The SMILES string of the molecule is C[C@H](c1cccs1)N(C)C(=O)c1cc(-c2cccc(Cl)c2)on1. The second kappa shape index (κ2) is 6.56. The van der Waals surface area contributed by atoms with Gasteiger partial charge >= 0.3 is 0 Å². The van der Waals surface area contributed by atoms with Gasteiger partial charge in [0.05, 0.1) is 6.04 Å². The molecule has 23 heavy (non-hydrogen) atoms. The van der Waals surface area contributed by atoms with Crippen LogP contribution in [0.25, 0.3) is 11.3 Å². The van der Waals surface area contributed by atoms with E-state index in [0.29, 0.717) is 10.8 Å². The van der Waals surface area contributed by atoms with Gasteiger partial charge in [0.2, 0.25) is 0 Å². The molecule has 1 atom stereocenters. The molecule has 2 aromatic heterocycles. The molecule has 118 valence electrons. The molecule has 0 unspecified atom stereocenters. The summed E-state index contributed by atoms with van der Waals surface area (Å²) >= 11 is 7.60. The number of amides is 1. The Morgan fingerprint density at radius 1 is 1.30 bits per heavy atom. The number of hydrogen-bond donors (Lipinski definition) is 0. The molecule has 6 heteroatoms. The van der Waals surface area contributed by atoms with Gasteiger partial charge in [-0.25, -0.2) is 0 Å². The van der Waals surface area contributed by atoms with Crippen LogP contribution in [-0.2, 0) is 0 Å². The molecular formula is C17H15ClN2O2S. The first-order valence-corrected chi connectivity index (χ1v) is 8.35. The summed E-state index contributed by atoms with van der Waals surface area (Å²) in [4.78, 5) is 15.4. The summed E-state index contributed by atoms with van der Waals surface area (Å²) < 4.78 is 5.29. The highest BCUT2D eigenvalue weighted by molar-refractivity contribution is 7.10. The number of nitrogens with zero attached hydrogens (tertiary/aromatic N) is 2. The Labute approximate surface area is 143 Å². The molecule has 0 aliphatic carbocycles. The fourth-order valence-corrected chi connectivity index (χ4v) is 3.25. The zero-order valence-electron chi connectivity index (χ0n) is 12.7. The van der Waals surface area contributed by atoms with Gasteiger partial charge in [0.25, 0.3) is 5.91 Å². The lowest BCUT2D eigenvalue weighted by atomic mass is 10.1. The quantitative estimate of drug-likeness (QED) is 0.675. The van der Waals surface area contributed by atoms with Gasteiger partial charge in [0.15, 0.2) is 11.5 Å². The fraction of sp³-hybridized carbons (Fsp3) is 0.176. The third-order valence-electron chi connectivity index (χ3n) is 3.69. The molecule has 0 spiro atoms. The summed E-state index contributed by atoms with van der Waals surface area (Å²) in [6, 6.07) is 12.9. The van der Waals surface area contributed by atoms with E-state index in [0.717, 1.165) is 10.4 Å². The summed E-state index contributed by atoms with van der Waals surface area (Å²) in [6.07, 6.45) is 0. The Bertz CT molecular complexity index is 814. The third kappa shape index (κ3) is 3.30. The second-order valence-electron chi connectivity index (χ2n) is 5.19. The van der Waals surface area contributed by atoms with E-state index in [1.807, 2.05) is 36.6 Å². The van der Waals surface area contributed by atoms with E-state index in [4.69, 9.17) is 16.1 Å². The van der Waals surface area contributed by atoms with Gasteiger partial charge in [-0.1, -0.05) is 35.0 Å². The standard InChI is InChI=1S/C17H15ClN2O2S/c1-11(16-7-4-8-23-16)20(2)17(21)14-10-15(22-19-14)12-5-3-6-13(18)9-12/h3-11H,1-2H3/t11-/m1/s1. The van der Waals surface area contributed by atoms with E-state index in [1.165, 1.54) is 0 Å². The Kier molecular flexibility index (Phi) is 4.50. The minimum Gasteiger partial charge on any atom is -0.355 e. The van der Waals surface area contributed by atoms with Gasteiger partial charge < -0.3 is 9.42 Å². The summed E-state index contributed by atoms with van der Waals surface area (Å²) in [7, 11) is 1.76. The molecule has 0 aliphatic rings. The van der Waals surface area contributed by atoms with Crippen LogP contribution in [0.2, 0.25) is 5.02 Å². The van der Waals surface area contributed by atoms with Crippen molar-refractivity contribution >= 4 is 28.8 Å². The molecule has 0 saturated carbocycles. The van der Waals surface area contributed by atoms with Crippen molar-refractivity contribution in [2.24, 2.45) is 0 Å². The van der Waals surface area contributed by atoms with Crippen LogP contribution in [0.3, 0.4) is 0 Å². The maximum absolute atomic E-state index is 12.6. The van der Waals surface area contributed by atoms with Gasteiger partial charge in [-0.2, -0.15) is 0 Å². The number of carbonyl (C=O) groups excluding carboxylic acids is 1. The highest BCUT2D eigenvalue weighted by Gasteiger charge is 2.23. The lowest BCUT2D eigenvalue weighted by Gasteiger charge is -2.22. The van der Waals surface area contributed by atoms with Gasteiger partial charge in [0.1, 0.15) is 0 Å². The monoisotopic (exact) mass is 346 g/mol. The average molecular weight is 347 g/mol. The number of rotatable bonds is 4. The van der Waals surface area contributed by atoms with E-state index in [1.54, 1.807) is 41.5 Å². The van der Waals surface area contributed by atoms with Crippen LogP contribution < -0.4 is 0 Å². The van der Waals surface area contributed by atoms with Crippen molar-refractivity contribution in [2.45, 2.75) is 13.0 Å². The van der Waals surface area contributed by atoms with Crippen molar-refractivity contribution in [1.29, 1.82) is 0 Å². The lowest BCUT2D eigenvalue weighted by Crippen LogP contribution is -2.29. The first-order chi connectivity index (χ1) is 11.1. The van der Waals surface area contributed by atoms with Crippen LogP contribution in [0.5, 0.6) is 0 Å². The van der Waals surface area contributed by atoms with E-state index >= 15 is 0 Å². The molecular weight excluding hydrogens is 332 g/mol. The number of benzene rings is 1. The largest absolute Gasteiger partial charge is 0.355 e. The maximum atomic E-state index is 12.6. The normalized spacial score (nSPS) is 12.1. The van der Waals surface area contributed by atoms with Crippen molar-refractivity contribution in [3.63, 3.8) is 0 Å². The molecule has 1 aromatic carbocycles.